The van der Waals surface area contributed by atoms with Crippen molar-refractivity contribution in [3.05, 3.63) is 41.1 Å². The molecule has 27 heavy (non-hydrogen) atoms. The molecule has 0 aliphatic carbocycles. The lowest BCUT2D eigenvalue weighted by Gasteiger charge is -2.35. The summed E-state index contributed by atoms with van der Waals surface area (Å²) in [4.78, 5) is 14.8. The van der Waals surface area contributed by atoms with Crippen LogP contribution in [0.5, 0.6) is 0 Å². The highest BCUT2D eigenvalue weighted by Crippen LogP contribution is 2.35. The van der Waals surface area contributed by atoms with Crippen LogP contribution in [0.1, 0.15) is 41.7 Å². The fourth-order valence-electron chi connectivity index (χ4n) is 3.83. The van der Waals surface area contributed by atoms with E-state index in [4.69, 9.17) is 4.74 Å². The van der Waals surface area contributed by atoms with Gasteiger partial charge in [0.15, 0.2) is 20.2 Å². The second kappa shape index (κ2) is 7.29. The number of nitrogens with zero attached hydrogens (tertiary/aromatic N) is 3. The number of benzene rings is 1. The first-order chi connectivity index (χ1) is 12.9. The van der Waals surface area contributed by atoms with Crippen LogP contribution in [-0.2, 0) is 25.8 Å². The molecule has 0 saturated carbocycles. The molecule has 0 N–H and O–H groups in total. The van der Waals surface area contributed by atoms with Gasteiger partial charge in [0.2, 0.25) is 0 Å². The fraction of sp³-hybridized carbons (Fsp3) is 0.500. The van der Waals surface area contributed by atoms with Crippen LogP contribution in [-0.4, -0.2) is 54.8 Å². The molecule has 1 saturated heterocycles. The van der Waals surface area contributed by atoms with Gasteiger partial charge in [-0.2, -0.15) is 0 Å². The van der Waals surface area contributed by atoms with E-state index in [0.29, 0.717) is 38.2 Å². The van der Waals surface area contributed by atoms with Gasteiger partial charge in [-0.1, -0.05) is 28.8 Å². The smallest absolute Gasteiger partial charge is 0.256 e. The summed E-state index contributed by atoms with van der Waals surface area (Å²) in [7, 11) is -3.33. The van der Waals surface area contributed by atoms with E-state index < -0.39 is 15.9 Å². The Bertz CT molecular complexity index is 949. The lowest BCUT2D eigenvalue weighted by Crippen LogP contribution is -2.42. The molecule has 9 heteroatoms. The average Bonchev–Trinajstić information content (AvgIpc) is 3.17. The molecule has 0 spiro atoms. The van der Waals surface area contributed by atoms with Gasteiger partial charge in [-0.25, -0.2) is 8.42 Å². The van der Waals surface area contributed by atoms with Crippen molar-refractivity contribution in [3.8, 4) is 0 Å². The Morgan fingerprint density at radius 1 is 1.26 bits per heavy atom. The number of carbonyl (C=O) groups is 1. The number of rotatable bonds is 3. The van der Waals surface area contributed by atoms with Crippen molar-refractivity contribution in [3.63, 3.8) is 0 Å². The minimum Gasteiger partial charge on any atom is -0.363 e. The van der Waals surface area contributed by atoms with Crippen LogP contribution in [0.2, 0.25) is 0 Å². The quantitative estimate of drug-likeness (QED) is 0.773. The Morgan fingerprint density at radius 2 is 2.00 bits per heavy atom. The second-order valence-corrected chi connectivity index (χ2v) is 9.98. The number of likely N-dealkylation sites (tertiary alicyclic amines) is 1. The number of hydrogen-bond acceptors (Lipinski definition) is 7. The van der Waals surface area contributed by atoms with Crippen molar-refractivity contribution in [1.82, 2.24) is 14.5 Å². The molecule has 2 aliphatic rings. The highest BCUT2D eigenvalue weighted by molar-refractivity contribution is 7.92. The zero-order chi connectivity index (χ0) is 19.0. The third-order valence-corrected chi connectivity index (χ3v) is 7.78. The third-order valence-electron chi connectivity index (χ3n) is 5.23. The molecular formula is C18H21N3O4S2. The van der Waals surface area contributed by atoms with Crippen LogP contribution >= 0.6 is 11.5 Å². The van der Waals surface area contributed by atoms with E-state index in [2.05, 4.69) is 9.59 Å². The summed E-state index contributed by atoms with van der Waals surface area (Å²) in [6.07, 6.45) is 2.82. The predicted octanol–water partition coefficient (Wildman–Crippen LogP) is 1.96. The van der Waals surface area contributed by atoms with Crippen molar-refractivity contribution in [2.75, 3.05) is 26.0 Å². The summed E-state index contributed by atoms with van der Waals surface area (Å²) >= 11 is 0.923. The molecule has 0 bridgehead atoms. The minimum atomic E-state index is -3.33. The van der Waals surface area contributed by atoms with Crippen LogP contribution < -0.4 is 0 Å². The van der Waals surface area contributed by atoms with E-state index in [9.17, 15) is 13.2 Å². The number of ether oxygens (including phenoxy) is 1. The maximum absolute atomic E-state index is 13.0. The van der Waals surface area contributed by atoms with Gasteiger partial charge in [0.05, 0.1) is 12.3 Å². The molecule has 1 aromatic heterocycles. The van der Waals surface area contributed by atoms with Crippen molar-refractivity contribution < 1.29 is 17.9 Å². The summed E-state index contributed by atoms with van der Waals surface area (Å²) in [5.74, 6) is -0.00238. The van der Waals surface area contributed by atoms with E-state index in [1.807, 2.05) is 29.2 Å². The molecule has 1 amide bonds. The van der Waals surface area contributed by atoms with Gasteiger partial charge in [-0.05, 0) is 30.4 Å². The number of carbonyl (C=O) groups excluding carboxylic acids is 1. The Balaban J connectivity index is 1.46. The lowest BCUT2D eigenvalue weighted by molar-refractivity contribution is -0.146. The van der Waals surface area contributed by atoms with Gasteiger partial charge in [-0.3, -0.25) is 4.79 Å². The van der Waals surface area contributed by atoms with E-state index >= 15 is 0 Å². The van der Waals surface area contributed by atoms with Crippen molar-refractivity contribution in [2.24, 2.45) is 0 Å². The van der Waals surface area contributed by atoms with Gasteiger partial charge in [0.25, 0.3) is 5.91 Å². The number of sulfone groups is 1. The molecule has 2 aromatic rings. The maximum atomic E-state index is 13.0. The normalized spacial score (nSPS) is 21.1. The van der Waals surface area contributed by atoms with Crippen LogP contribution in [0, 0.1) is 0 Å². The summed E-state index contributed by atoms with van der Waals surface area (Å²) in [5.41, 5.74) is 2.68. The first-order valence-electron chi connectivity index (χ1n) is 8.95. The first kappa shape index (κ1) is 18.5. The molecule has 1 fully saturated rings. The van der Waals surface area contributed by atoms with Gasteiger partial charge >= 0.3 is 0 Å². The zero-order valence-corrected chi connectivity index (χ0v) is 16.6. The summed E-state index contributed by atoms with van der Waals surface area (Å²) in [6, 6.07) is 7.93. The Labute approximate surface area is 162 Å². The third kappa shape index (κ3) is 3.63. The predicted molar refractivity (Wildman–Crippen MR) is 100 cm³/mol. The Kier molecular flexibility index (Phi) is 5.00. The Morgan fingerprint density at radius 3 is 2.74 bits per heavy atom. The maximum Gasteiger partial charge on any atom is 0.256 e. The zero-order valence-electron chi connectivity index (χ0n) is 15.0. The molecule has 4 rings (SSSR count). The number of piperidine rings is 1. The molecule has 1 atom stereocenters. The number of hydrogen-bond donors (Lipinski definition) is 0. The number of fused-ring (bicyclic) bond motifs is 1. The van der Waals surface area contributed by atoms with E-state index in [1.54, 1.807) is 0 Å². The Hall–Kier alpha value is -1.84. The van der Waals surface area contributed by atoms with Gasteiger partial charge in [0.1, 0.15) is 0 Å². The lowest BCUT2D eigenvalue weighted by atomic mass is 9.92. The highest BCUT2D eigenvalue weighted by atomic mass is 32.2. The molecule has 2 aliphatic heterocycles. The van der Waals surface area contributed by atoms with Crippen LogP contribution in [0.3, 0.4) is 0 Å². The number of amides is 1. The van der Waals surface area contributed by atoms with Crippen LogP contribution in [0.15, 0.2) is 28.5 Å². The molecule has 7 nitrogen and oxygen atoms in total. The molecule has 144 valence electrons. The minimum absolute atomic E-state index is 0.0112. The molecular weight excluding hydrogens is 386 g/mol. The molecule has 3 heterocycles. The molecule has 0 radical (unpaired) electrons. The van der Waals surface area contributed by atoms with Crippen LogP contribution in [0.25, 0.3) is 0 Å². The van der Waals surface area contributed by atoms with E-state index in [0.717, 1.165) is 23.5 Å². The molecule has 1 unspecified atom stereocenters. The van der Waals surface area contributed by atoms with Crippen molar-refractivity contribution >= 4 is 27.3 Å². The van der Waals surface area contributed by atoms with Crippen LogP contribution in [0.4, 0.5) is 0 Å². The van der Waals surface area contributed by atoms with E-state index in [1.165, 1.54) is 11.8 Å². The summed E-state index contributed by atoms with van der Waals surface area (Å²) in [5, 5.41) is 4.06. The monoisotopic (exact) mass is 407 g/mol. The average molecular weight is 408 g/mol. The fourth-order valence-corrected chi connectivity index (χ4v) is 5.57. The standard InChI is InChI=1S/C18H21N3O4S2/c1-27(23,24)18-15(19-20-26-18)13-6-9-21(10-7-13)17(22)16-14-5-3-2-4-12(14)8-11-25-16/h2-5,13,16H,6-11H2,1H3. The summed E-state index contributed by atoms with van der Waals surface area (Å²) < 4.78 is 33.7. The van der Waals surface area contributed by atoms with Gasteiger partial charge in [-0.15, -0.1) is 5.10 Å². The SMILES string of the molecule is CS(=O)(=O)c1snnc1C1CCN(C(=O)C2OCCc3ccccc32)CC1. The first-order valence-corrected chi connectivity index (χ1v) is 11.6. The van der Waals surface area contributed by atoms with Gasteiger partial charge < -0.3 is 9.64 Å². The van der Waals surface area contributed by atoms with Gasteiger partial charge in [0, 0.05) is 36.8 Å². The summed E-state index contributed by atoms with van der Waals surface area (Å²) in [6.45, 7) is 1.67. The van der Waals surface area contributed by atoms with E-state index in [-0.39, 0.29) is 16.0 Å². The topological polar surface area (TPSA) is 89.5 Å². The van der Waals surface area contributed by atoms with Crippen molar-refractivity contribution in [1.29, 1.82) is 0 Å². The molecule has 1 aromatic carbocycles. The highest BCUT2D eigenvalue weighted by Gasteiger charge is 2.35. The second-order valence-electron chi connectivity index (χ2n) is 7.02. The number of aromatic nitrogens is 2. The van der Waals surface area contributed by atoms with Crippen molar-refractivity contribution in [2.45, 2.75) is 35.5 Å². The largest absolute Gasteiger partial charge is 0.363 e.